The van der Waals surface area contributed by atoms with Gasteiger partial charge in [0.15, 0.2) is 11.6 Å². The lowest BCUT2D eigenvalue weighted by atomic mass is 9.99. The van der Waals surface area contributed by atoms with Crippen LogP contribution in [0.1, 0.15) is 13.8 Å². The fourth-order valence-corrected chi connectivity index (χ4v) is 9.61. The van der Waals surface area contributed by atoms with Crippen molar-refractivity contribution in [2.75, 3.05) is 0 Å². The summed E-state index contributed by atoms with van der Waals surface area (Å²) in [6, 6.07) is 62.8. The number of benzene rings is 9. The minimum atomic E-state index is 0.498. The van der Waals surface area contributed by atoms with Crippen molar-refractivity contribution in [3.05, 3.63) is 182 Å². The van der Waals surface area contributed by atoms with E-state index in [1.807, 2.05) is 74.5 Å². The van der Waals surface area contributed by atoms with Gasteiger partial charge in [-0.3, -0.25) is 4.57 Å². The molecule has 7 nitrogen and oxygen atoms in total. The van der Waals surface area contributed by atoms with Crippen molar-refractivity contribution < 1.29 is 13.3 Å². The van der Waals surface area contributed by atoms with Crippen LogP contribution in [-0.4, -0.2) is 19.5 Å². The van der Waals surface area contributed by atoms with Crippen molar-refractivity contribution >= 4 is 98.4 Å². The van der Waals surface area contributed by atoms with Crippen LogP contribution >= 0.6 is 0 Å². The third-order valence-electron chi connectivity index (χ3n) is 12.5. The minimum absolute atomic E-state index is 0.498. The molecule has 0 spiro atoms. The molecular weight excluding hydrogens is 789 g/mol. The third kappa shape index (κ3) is 5.37. The first-order valence-electron chi connectivity index (χ1n) is 21.7. The Morgan fingerprint density at radius 1 is 0.328 bits per heavy atom. The van der Waals surface area contributed by atoms with E-state index < -0.39 is 0 Å². The summed E-state index contributed by atoms with van der Waals surface area (Å²) in [5.74, 6) is 1.55. The van der Waals surface area contributed by atoms with Gasteiger partial charge < -0.3 is 13.3 Å². The maximum absolute atomic E-state index is 6.39. The molecular formula is C57H36N4O3. The molecule has 0 saturated heterocycles. The molecule has 9 aromatic carbocycles. The van der Waals surface area contributed by atoms with Gasteiger partial charge in [0.05, 0.1) is 11.0 Å². The van der Waals surface area contributed by atoms with E-state index in [2.05, 4.69) is 126 Å². The van der Waals surface area contributed by atoms with Crippen LogP contribution in [0.25, 0.3) is 138 Å². The second-order valence-electron chi connectivity index (χ2n) is 15.9. The van der Waals surface area contributed by atoms with Gasteiger partial charge in [0.1, 0.15) is 33.5 Å². The summed E-state index contributed by atoms with van der Waals surface area (Å²) in [5.41, 5.74) is 10.7. The molecule has 0 saturated carbocycles. The molecule has 14 rings (SSSR count). The first-order valence-corrected chi connectivity index (χ1v) is 21.7. The molecule has 0 N–H and O–H groups in total. The van der Waals surface area contributed by atoms with Crippen molar-refractivity contribution in [3.63, 3.8) is 0 Å². The number of hydrogen-bond acceptors (Lipinski definition) is 6. The molecule has 0 unspecified atom stereocenters. The number of furan rings is 3. The first kappa shape index (κ1) is 36.1. The second-order valence-corrected chi connectivity index (χ2v) is 15.9. The topological polar surface area (TPSA) is 83.0 Å². The summed E-state index contributed by atoms with van der Waals surface area (Å²) in [7, 11) is 0. The first-order chi connectivity index (χ1) is 31.7. The van der Waals surface area contributed by atoms with Crippen LogP contribution in [0, 0.1) is 0 Å². The van der Waals surface area contributed by atoms with Gasteiger partial charge in [0, 0.05) is 65.2 Å². The molecule has 0 aliphatic rings. The Bertz CT molecular complexity index is 4060. The van der Waals surface area contributed by atoms with Gasteiger partial charge in [0.2, 0.25) is 5.95 Å². The fourth-order valence-electron chi connectivity index (χ4n) is 9.61. The van der Waals surface area contributed by atoms with E-state index in [-0.39, 0.29) is 0 Å². The molecule has 0 radical (unpaired) electrons. The zero-order valence-corrected chi connectivity index (χ0v) is 34.8. The molecule has 0 amide bonds. The van der Waals surface area contributed by atoms with Crippen LogP contribution in [0.3, 0.4) is 0 Å². The summed E-state index contributed by atoms with van der Waals surface area (Å²) in [6.45, 7) is 4.00. The van der Waals surface area contributed by atoms with Gasteiger partial charge in [-0.2, -0.15) is 9.97 Å². The van der Waals surface area contributed by atoms with Crippen LogP contribution in [-0.2, 0) is 0 Å². The summed E-state index contributed by atoms with van der Waals surface area (Å²) < 4.78 is 21.3. The van der Waals surface area contributed by atoms with Crippen molar-refractivity contribution in [3.8, 4) is 39.9 Å². The van der Waals surface area contributed by atoms with Crippen molar-refractivity contribution in [2.24, 2.45) is 0 Å². The molecule has 0 aliphatic carbocycles. The summed E-state index contributed by atoms with van der Waals surface area (Å²) in [6.07, 6.45) is 0. The van der Waals surface area contributed by atoms with Crippen LogP contribution in [0.15, 0.2) is 195 Å². The minimum Gasteiger partial charge on any atom is -0.456 e. The summed E-state index contributed by atoms with van der Waals surface area (Å²) in [5, 5.41) is 10.8. The zero-order valence-electron chi connectivity index (χ0n) is 34.8. The molecule has 5 heterocycles. The van der Waals surface area contributed by atoms with Crippen LogP contribution < -0.4 is 0 Å². The smallest absolute Gasteiger partial charge is 0.238 e. The highest BCUT2D eigenvalue weighted by Crippen LogP contribution is 2.43. The number of rotatable bonds is 4. The standard InChI is InChI=1S/C55H30N4O3.C2H6/c1-2-11-35-31(10-1)20-26-43-42-16-9-15-36(32-23-27-48-44(28-32)39-14-5-8-19-47(39)60-48)52(42)59(51(35)43)55-57-53(33-21-24-40-37-12-3-6-17-45(37)61-49(40)29-33)56-54(58-55)34-22-25-41-38-13-4-7-18-46(38)62-50(41)30-34;1-2/h1-30H;1-2H3. The van der Waals surface area contributed by atoms with E-state index in [4.69, 9.17) is 28.2 Å². The van der Waals surface area contributed by atoms with Crippen LogP contribution in [0.2, 0.25) is 0 Å². The van der Waals surface area contributed by atoms with Gasteiger partial charge in [-0.15, -0.1) is 0 Å². The van der Waals surface area contributed by atoms with E-state index in [1.165, 1.54) is 0 Å². The number of nitrogens with zero attached hydrogens (tertiary/aromatic N) is 4. The van der Waals surface area contributed by atoms with E-state index in [1.54, 1.807) is 0 Å². The predicted molar refractivity (Wildman–Crippen MR) is 261 cm³/mol. The average Bonchev–Trinajstić information content (AvgIpc) is 4.12. The summed E-state index contributed by atoms with van der Waals surface area (Å²) in [4.78, 5) is 16.1. The Labute approximate surface area is 365 Å². The Hall–Kier alpha value is -8.55. The maximum Gasteiger partial charge on any atom is 0.238 e. The summed E-state index contributed by atoms with van der Waals surface area (Å²) >= 11 is 0. The van der Waals surface area contributed by atoms with E-state index in [0.29, 0.717) is 17.6 Å². The normalized spacial score (nSPS) is 11.9. The molecule has 64 heavy (non-hydrogen) atoms. The molecule has 0 bridgehead atoms. The lowest BCUT2D eigenvalue weighted by Gasteiger charge is -2.14. The molecule has 14 aromatic rings. The monoisotopic (exact) mass is 824 g/mol. The lowest BCUT2D eigenvalue weighted by Crippen LogP contribution is -2.07. The van der Waals surface area contributed by atoms with Gasteiger partial charge in [0.25, 0.3) is 0 Å². The Morgan fingerprint density at radius 3 is 1.44 bits per heavy atom. The predicted octanol–water partition coefficient (Wildman–Crippen LogP) is 15.8. The van der Waals surface area contributed by atoms with Gasteiger partial charge in [-0.05, 0) is 65.5 Å². The Morgan fingerprint density at radius 2 is 0.797 bits per heavy atom. The molecule has 5 aromatic heterocycles. The van der Waals surface area contributed by atoms with E-state index in [0.717, 1.165) is 121 Å². The lowest BCUT2D eigenvalue weighted by molar-refractivity contribution is 0.668. The quantitative estimate of drug-likeness (QED) is 0.176. The fraction of sp³-hybridized carbons (Fsp3) is 0.0351. The second kappa shape index (κ2) is 14.0. The molecule has 0 aliphatic heterocycles. The number of para-hydroxylation sites is 4. The Balaban J connectivity index is 0.00000204. The molecule has 0 fully saturated rings. The highest BCUT2D eigenvalue weighted by molar-refractivity contribution is 6.21. The van der Waals surface area contributed by atoms with Gasteiger partial charge in [-0.25, -0.2) is 4.98 Å². The molecule has 0 atom stereocenters. The van der Waals surface area contributed by atoms with Crippen molar-refractivity contribution in [1.29, 1.82) is 0 Å². The maximum atomic E-state index is 6.39. The van der Waals surface area contributed by atoms with E-state index in [9.17, 15) is 0 Å². The van der Waals surface area contributed by atoms with Crippen molar-refractivity contribution in [1.82, 2.24) is 19.5 Å². The molecule has 7 heteroatoms. The highest BCUT2D eigenvalue weighted by Gasteiger charge is 2.23. The zero-order chi connectivity index (χ0) is 42.5. The third-order valence-corrected chi connectivity index (χ3v) is 12.5. The van der Waals surface area contributed by atoms with E-state index >= 15 is 0 Å². The number of fused-ring (bicyclic) bond motifs is 14. The van der Waals surface area contributed by atoms with Gasteiger partial charge in [-0.1, -0.05) is 141 Å². The van der Waals surface area contributed by atoms with Gasteiger partial charge >= 0.3 is 0 Å². The number of aromatic nitrogens is 4. The van der Waals surface area contributed by atoms with Crippen molar-refractivity contribution in [2.45, 2.75) is 13.8 Å². The SMILES string of the molecule is CC.c1ccc2c(c1)ccc1c3cccc(-c4ccc5oc6ccccc6c5c4)c3n(-c3nc(-c4ccc5c(c4)oc4ccccc45)nc(-c4ccc5c(c4)oc4ccccc45)n3)c21. The average molecular weight is 825 g/mol. The Kier molecular flexibility index (Phi) is 7.90. The van der Waals surface area contributed by atoms with Crippen LogP contribution in [0.5, 0.6) is 0 Å². The largest absolute Gasteiger partial charge is 0.456 e. The van der Waals surface area contributed by atoms with Crippen LogP contribution in [0.4, 0.5) is 0 Å². The molecule has 302 valence electrons. The highest BCUT2D eigenvalue weighted by atomic mass is 16.3. The number of hydrogen-bond donors (Lipinski definition) is 0.